The molecule has 0 amide bonds. The van der Waals surface area contributed by atoms with Crippen molar-refractivity contribution in [2.75, 3.05) is 37.8 Å². The number of nitrogens with zero attached hydrogens (tertiary/aromatic N) is 2. The molecule has 0 saturated heterocycles. The van der Waals surface area contributed by atoms with Crippen LogP contribution >= 0.6 is 23.2 Å². The van der Waals surface area contributed by atoms with Gasteiger partial charge in [-0.25, -0.2) is 0 Å². The summed E-state index contributed by atoms with van der Waals surface area (Å²) in [7, 11) is 0. The zero-order valence-electron chi connectivity index (χ0n) is 24.4. The summed E-state index contributed by atoms with van der Waals surface area (Å²) >= 11 is 12.8. The van der Waals surface area contributed by atoms with Gasteiger partial charge in [0.05, 0.1) is 25.2 Å². The normalized spacial score (nSPS) is 18.0. The predicted octanol–water partition coefficient (Wildman–Crippen LogP) is 7.26. The third kappa shape index (κ3) is 6.72. The lowest BCUT2D eigenvalue weighted by Gasteiger charge is -2.27. The Morgan fingerprint density at radius 2 is 1.68 bits per heavy atom. The smallest absolute Gasteiger partial charge is 0.303 e. The Morgan fingerprint density at radius 1 is 0.976 bits per heavy atom. The van der Waals surface area contributed by atoms with Gasteiger partial charge in [-0.3, -0.25) is 4.79 Å². The number of hydrogen-bond acceptors (Lipinski definition) is 4. The molecule has 2 aliphatic heterocycles. The molecule has 2 aliphatic rings. The van der Waals surface area contributed by atoms with Crippen LogP contribution in [0, 0.1) is 0 Å². The van der Waals surface area contributed by atoms with Gasteiger partial charge in [0.1, 0.15) is 6.54 Å². The van der Waals surface area contributed by atoms with Gasteiger partial charge in [-0.15, -0.1) is 0 Å². The minimum Gasteiger partial charge on any atom is -0.481 e. The van der Waals surface area contributed by atoms with E-state index in [-0.39, 0.29) is 23.9 Å². The molecule has 2 N–H and O–H groups in total. The summed E-state index contributed by atoms with van der Waals surface area (Å²) in [5.41, 5.74) is 6.43. The van der Waals surface area contributed by atoms with Crippen LogP contribution < -0.4 is 4.90 Å². The van der Waals surface area contributed by atoms with Crippen molar-refractivity contribution in [1.29, 1.82) is 0 Å². The Bertz CT molecular complexity index is 1380. The van der Waals surface area contributed by atoms with Gasteiger partial charge in [-0.05, 0) is 68.7 Å². The lowest BCUT2D eigenvalue weighted by molar-refractivity contribution is -0.438. The van der Waals surface area contributed by atoms with E-state index < -0.39 is 5.97 Å². The van der Waals surface area contributed by atoms with Crippen molar-refractivity contribution in [3.63, 3.8) is 0 Å². The average molecular weight is 601 g/mol. The number of aliphatic hydroxyl groups is 1. The summed E-state index contributed by atoms with van der Waals surface area (Å²) < 4.78 is 7.98. The maximum atomic E-state index is 11.0. The van der Waals surface area contributed by atoms with Gasteiger partial charge in [0.15, 0.2) is 5.71 Å². The number of carboxylic acids is 1. The summed E-state index contributed by atoms with van der Waals surface area (Å²) in [5.74, 6) is -0.747. The molecule has 0 saturated carbocycles. The molecule has 41 heavy (non-hydrogen) atoms. The number of fused-ring (bicyclic) bond motifs is 2. The van der Waals surface area contributed by atoms with E-state index in [2.05, 4.69) is 73.6 Å². The first kappa shape index (κ1) is 31.3. The maximum absolute atomic E-state index is 11.0. The Kier molecular flexibility index (Phi) is 10.0. The summed E-state index contributed by atoms with van der Waals surface area (Å²) in [6.45, 7) is 11.1. The molecular formula is C33H41Cl2N2O4+. The molecule has 0 aromatic heterocycles. The van der Waals surface area contributed by atoms with E-state index in [0.717, 1.165) is 36.5 Å². The number of rotatable bonds is 13. The number of hydrogen-bond donors (Lipinski definition) is 2. The largest absolute Gasteiger partial charge is 0.481 e. The number of halogens is 2. The second kappa shape index (κ2) is 13.1. The Balaban J connectivity index is 1.67. The fraction of sp³-hybridized carbons (Fsp3) is 0.455. The molecule has 2 aromatic carbocycles. The molecule has 4 rings (SSSR count). The molecule has 0 fully saturated rings. The lowest BCUT2D eigenvalue weighted by atomic mass is 9.81. The number of aliphatic hydroxyl groups excluding tert-OH is 1. The van der Waals surface area contributed by atoms with E-state index in [4.69, 9.17) is 38.2 Å². The van der Waals surface area contributed by atoms with Gasteiger partial charge in [-0.1, -0.05) is 43.1 Å². The fourth-order valence-corrected chi connectivity index (χ4v) is 6.40. The number of benzene rings is 2. The van der Waals surface area contributed by atoms with Crippen LogP contribution in [-0.2, 0) is 20.4 Å². The van der Waals surface area contributed by atoms with E-state index in [0.29, 0.717) is 36.2 Å². The van der Waals surface area contributed by atoms with Gasteiger partial charge >= 0.3 is 5.97 Å². The molecule has 2 heterocycles. The minimum atomic E-state index is -0.747. The quantitative estimate of drug-likeness (QED) is 0.187. The number of carboxylic acid groups (broad SMARTS) is 1. The summed E-state index contributed by atoms with van der Waals surface area (Å²) in [4.78, 5) is 13.2. The van der Waals surface area contributed by atoms with Crippen LogP contribution in [0.1, 0.15) is 64.5 Å². The van der Waals surface area contributed by atoms with Crippen molar-refractivity contribution in [1.82, 2.24) is 0 Å². The van der Waals surface area contributed by atoms with Crippen LogP contribution in [0.25, 0.3) is 0 Å². The zero-order valence-corrected chi connectivity index (χ0v) is 25.9. The van der Waals surface area contributed by atoms with Crippen LogP contribution in [0.5, 0.6) is 0 Å². The molecule has 2 aromatic rings. The van der Waals surface area contributed by atoms with Crippen LogP contribution in [0.4, 0.5) is 11.4 Å². The minimum absolute atomic E-state index is 0.00117. The molecule has 6 nitrogen and oxygen atoms in total. The molecule has 0 bridgehead atoms. The molecule has 0 unspecified atom stereocenters. The van der Waals surface area contributed by atoms with Crippen LogP contribution in [0.2, 0.25) is 10.0 Å². The number of allylic oxidation sites excluding steroid dienone is 4. The van der Waals surface area contributed by atoms with Gasteiger partial charge in [0.25, 0.3) is 0 Å². The zero-order chi connectivity index (χ0) is 29.8. The van der Waals surface area contributed by atoms with E-state index in [1.807, 2.05) is 18.2 Å². The third-order valence-corrected chi connectivity index (χ3v) is 8.65. The Morgan fingerprint density at radius 3 is 2.39 bits per heavy atom. The number of unbranched alkanes of at least 4 members (excludes halogenated alkanes) is 2. The Labute approximate surface area is 253 Å². The standard InChI is InChI=1S/C33H40Cl2N2O4/c1-32(2)25-21-23(34)12-14-27(25)36(16-7-5-6-11-31(39)40)29(32)9-8-10-30-33(3,4)26-22-24(35)13-15-28(26)37(30)17-19-41-20-18-38/h8-10,12-15,21-22,38H,5-7,11,16-20H2,1-4H3/p+1. The molecule has 220 valence electrons. The monoisotopic (exact) mass is 599 g/mol. The van der Waals surface area contributed by atoms with Crippen molar-refractivity contribution >= 4 is 46.3 Å². The van der Waals surface area contributed by atoms with Crippen molar-refractivity contribution < 1.29 is 24.3 Å². The average Bonchev–Trinajstić information content (AvgIpc) is 3.24. The summed E-state index contributed by atoms with van der Waals surface area (Å²) in [5, 5.41) is 19.6. The topological polar surface area (TPSA) is 73.0 Å². The van der Waals surface area contributed by atoms with E-state index in [9.17, 15) is 4.79 Å². The van der Waals surface area contributed by atoms with E-state index in [1.54, 1.807) is 0 Å². The molecule has 0 radical (unpaired) electrons. The second-order valence-electron chi connectivity index (χ2n) is 11.7. The molecule has 0 spiro atoms. The molecule has 0 atom stereocenters. The Hall–Kier alpha value is -2.64. The van der Waals surface area contributed by atoms with Gasteiger partial charge < -0.3 is 19.8 Å². The second-order valence-corrected chi connectivity index (χ2v) is 12.6. The van der Waals surface area contributed by atoms with Crippen molar-refractivity contribution in [2.24, 2.45) is 0 Å². The van der Waals surface area contributed by atoms with Crippen LogP contribution in [0.3, 0.4) is 0 Å². The first-order valence-electron chi connectivity index (χ1n) is 14.3. The maximum Gasteiger partial charge on any atom is 0.303 e. The third-order valence-electron chi connectivity index (χ3n) is 8.18. The van der Waals surface area contributed by atoms with Crippen molar-refractivity contribution in [2.45, 2.75) is 64.2 Å². The van der Waals surface area contributed by atoms with E-state index in [1.165, 1.54) is 16.8 Å². The van der Waals surface area contributed by atoms with Gasteiger partial charge in [0, 0.05) is 63.9 Å². The van der Waals surface area contributed by atoms with Crippen molar-refractivity contribution in [3.8, 4) is 0 Å². The van der Waals surface area contributed by atoms with E-state index >= 15 is 0 Å². The number of anilines is 1. The van der Waals surface area contributed by atoms with Crippen molar-refractivity contribution in [3.05, 3.63) is 81.5 Å². The number of aliphatic carboxylic acids is 1. The first-order chi connectivity index (χ1) is 19.5. The SMILES string of the molecule is CC1(C)C(=CC=CC2=[N+](CCCCCC(=O)O)c3ccc(Cl)cc3C2(C)C)N(CCOCCO)c2ccc(Cl)cc21. The highest BCUT2D eigenvalue weighted by Crippen LogP contribution is 2.48. The lowest BCUT2D eigenvalue weighted by Crippen LogP contribution is -2.29. The fourth-order valence-electron chi connectivity index (χ4n) is 6.05. The van der Waals surface area contributed by atoms with Crippen LogP contribution in [-0.4, -0.2) is 59.4 Å². The highest BCUT2D eigenvalue weighted by atomic mass is 35.5. The number of ether oxygens (including phenoxy) is 1. The number of carbonyl (C=O) groups is 1. The predicted molar refractivity (Wildman–Crippen MR) is 167 cm³/mol. The van der Waals surface area contributed by atoms with Gasteiger partial charge in [0.2, 0.25) is 5.69 Å². The molecule has 8 heteroatoms. The summed E-state index contributed by atoms with van der Waals surface area (Å²) in [6.07, 6.45) is 9.15. The van der Waals surface area contributed by atoms with Gasteiger partial charge in [-0.2, -0.15) is 4.58 Å². The highest BCUT2D eigenvalue weighted by molar-refractivity contribution is 6.31. The molecule has 0 aliphatic carbocycles. The highest BCUT2D eigenvalue weighted by Gasteiger charge is 2.44. The molecular weight excluding hydrogens is 559 g/mol. The summed E-state index contributed by atoms with van der Waals surface area (Å²) in [6, 6.07) is 12.1. The first-order valence-corrected chi connectivity index (χ1v) is 15.1. The van der Waals surface area contributed by atoms with Crippen LogP contribution in [0.15, 0.2) is 60.3 Å².